The summed E-state index contributed by atoms with van der Waals surface area (Å²) in [5.41, 5.74) is 7.40. The van der Waals surface area contributed by atoms with Crippen molar-refractivity contribution in [2.24, 2.45) is 0 Å². The van der Waals surface area contributed by atoms with Crippen molar-refractivity contribution in [3.8, 4) is 17.3 Å². The van der Waals surface area contributed by atoms with Gasteiger partial charge in [-0.1, -0.05) is 0 Å². The third kappa shape index (κ3) is 3.50. The van der Waals surface area contributed by atoms with Gasteiger partial charge >= 0.3 is 5.69 Å². The van der Waals surface area contributed by atoms with Crippen LogP contribution in [0.15, 0.2) is 53.7 Å². The molecular weight excluding hydrogens is 401 g/mol. The molecule has 10 heteroatoms. The number of piperidine rings is 1. The normalized spacial score (nSPS) is 14.7. The van der Waals surface area contributed by atoms with Crippen LogP contribution in [0.4, 0.5) is 10.2 Å². The van der Waals surface area contributed by atoms with Gasteiger partial charge in [-0.25, -0.2) is 24.1 Å². The van der Waals surface area contributed by atoms with Crippen molar-refractivity contribution < 1.29 is 9.13 Å². The predicted octanol–water partition coefficient (Wildman–Crippen LogP) is 2.42. The highest BCUT2D eigenvalue weighted by Crippen LogP contribution is 2.27. The quantitative estimate of drug-likeness (QED) is 0.520. The Morgan fingerprint density at radius 1 is 1.06 bits per heavy atom. The van der Waals surface area contributed by atoms with Gasteiger partial charge < -0.3 is 15.8 Å². The van der Waals surface area contributed by atoms with Gasteiger partial charge in [-0.15, -0.1) is 0 Å². The minimum atomic E-state index is -0.347. The Morgan fingerprint density at radius 3 is 2.55 bits per heavy atom. The molecule has 0 saturated carbocycles. The highest BCUT2D eigenvalue weighted by Gasteiger charge is 2.25. The summed E-state index contributed by atoms with van der Waals surface area (Å²) in [6, 6.07) is 9.02. The maximum absolute atomic E-state index is 13.4. The maximum atomic E-state index is 13.4. The number of nitrogens with two attached hydrogens (primary N) is 1. The number of rotatable bonds is 4. The van der Waals surface area contributed by atoms with Crippen LogP contribution in [-0.2, 0) is 0 Å². The lowest BCUT2D eigenvalue weighted by Gasteiger charge is -2.23. The van der Waals surface area contributed by atoms with Gasteiger partial charge in [0.1, 0.15) is 23.4 Å². The molecule has 4 aromatic rings. The molecule has 1 aromatic carbocycles. The number of aromatic nitrogens is 5. The molecule has 1 saturated heterocycles. The van der Waals surface area contributed by atoms with Crippen LogP contribution in [0.5, 0.6) is 11.6 Å². The molecule has 0 radical (unpaired) electrons. The Morgan fingerprint density at radius 2 is 1.84 bits per heavy atom. The Labute approximate surface area is 176 Å². The first-order valence-electron chi connectivity index (χ1n) is 9.96. The van der Waals surface area contributed by atoms with E-state index in [2.05, 4.69) is 20.3 Å². The number of pyridine rings is 1. The van der Waals surface area contributed by atoms with Gasteiger partial charge in [0, 0.05) is 12.1 Å². The van der Waals surface area contributed by atoms with Crippen LogP contribution in [0.1, 0.15) is 18.9 Å². The van der Waals surface area contributed by atoms with Crippen molar-refractivity contribution >= 4 is 17.0 Å². The number of nitrogen functional groups attached to an aromatic ring is 1. The first kappa shape index (κ1) is 19.2. The molecule has 0 aliphatic carbocycles. The number of ether oxygens (including phenoxy) is 1. The Balaban J connectivity index is 1.56. The standard InChI is InChI=1S/C21H20FN7O2/c22-13-1-4-16(5-2-13)31-17-6-3-15(11-25-17)28-18-19(23)26-12-27-20(18)29(21(28)30)14-7-9-24-10-8-14/h1-6,11-12,14,24H,7-10H2,(H2,23,26,27). The fourth-order valence-corrected chi connectivity index (χ4v) is 3.89. The number of nitrogens with one attached hydrogen (secondary N) is 1. The fourth-order valence-electron chi connectivity index (χ4n) is 3.89. The second kappa shape index (κ2) is 7.80. The molecule has 0 unspecified atom stereocenters. The lowest BCUT2D eigenvalue weighted by atomic mass is 10.1. The first-order valence-corrected chi connectivity index (χ1v) is 9.96. The molecular formula is C21H20FN7O2. The van der Waals surface area contributed by atoms with E-state index in [9.17, 15) is 9.18 Å². The van der Waals surface area contributed by atoms with E-state index in [1.807, 2.05) is 0 Å². The zero-order valence-electron chi connectivity index (χ0n) is 16.5. The molecule has 9 nitrogen and oxygen atoms in total. The number of anilines is 1. The van der Waals surface area contributed by atoms with Crippen LogP contribution in [0.3, 0.4) is 0 Å². The van der Waals surface area contributed by atoms with E-state index in [1.165, 1.54) is 41.4 Å². The van der Waals surface area contributed by atoms with Crippen molar-refractivity contribution in [1.82, 2.24) is 29.4 Å². The Hall–Kier alpha value is -3.79. The number of imidazole rings is 1. The average Bonchev–Trinajstić information content (AvgIpc) is 3.09. The Kier molecular flexibility index (Phi) is 4.83. The molecule has 1 fully saturated rings. The van der Waals surface area contributed by atoms with E-state index in [0.717, 1.165) is 25.9 Å². The highest BCUT2D eigenvalue weighted by molar-refractivity contribution is 5.84. The zero-order valence-corrected chi connectivity index (χ0v) is 16.5. The molecule has 0 amide bonds. The average molecular weight is 421 g/mol. The summed E-state index contributed by atoms with van der Waals surface area (Å²) < 4.78 is 21.9. The molecule has 3 N–H and O–H groups in total. The van der Waals surface area contributed by atoms with Crippen LogP contribution in [0, 0.1) is 5.82 Å². The van der Waals surface area contributed by atoms with Gasteiger partial charge in [0.15, 0.2) is 11.5 Å². The predicted molar refractivity (Wildman–Crippen MR) is 113 cm³/mol. The summed E-state index contributed by atoms with van der Waals surface area (Å²) in [4.78, 5) is 26.2. The summed E-state index contributed by atoms with van der Waals surface area (Å²) in [6.07, 6.45) is 4.55. The molecule has 0 spiro atoms. The third-order valence-corrected chi connectivity index (χ3v) is 5.37. The molecule has 4 heterocycles. The molecule has 0 bridgehead atoms. The second-order valence-corrected chi connectivity index (χ2v) is 7.31. The lowest BCUT2D eigenvalue weighted by molar-refractivity contribution is 0.366. The summed E-state index contributed by atoms with van der Waals surface area (Å²) in [7, 11) is 0. The molecule has 0 atom stereocenters. The van der Waals surface area contributed by atoms with E-state index in [4.69, 9.17) is 10.5 Å². The number of fused-ring (bicyclic) bond motifs is 1. The van der Waals surface area contributed by atoms with E-state index in [0.29, 0.717) is 28.5 Å². The van der Waals surface area contributed by atoms with Gasteiger partial charge in [0.05, 0.1) is 11.9 Å². The van der Waals surface area contributed by atoms with Crippen molar-refractivity contribution in [3.63, 3.8) is 0 Å². The third-order valence-electron chi connectivity index (χ3n) is 5.37. The smallest absolute Gasteiger partial charge is 0.335 e. The molecule has 5 rings (SSSR count). The van der Waals surface area contributed by atoms with Crippen molar-refractivity contribution in [1.29, 1.82) is 0 Å². The number of halogens is 1. The molecule has 3 aromatic heterocycles. The van der Waals surface area contributed by atoms with E-state index in [1.54, 1.807) is 16.7 Å². The number of hydrogen-bond acceptors (Lipinski definition) is 7. The van der Waals surface area contributed by atoms with E-state index >= 15 is 0 Å². The zero-order chi connectivity index (χ0) is 21.4. The largest absolute Gasteiger partial charge is 0.439 e. The summed E-state index contributed by atoms with van der Waals surface area (Å²) >= 11 is 0. The number of nitrogens with zero attached hydrogens (tertiary/aromatic N) is 5. The molecule has 31 heavy (non-hydrogen) atoms. The summed E-state index contributed by atoms with van der Waals surface area (Å²) in [5.74, 6) is 0.648. The van der Waals surface area contributed by atoms with Gasteiger partial charge in [0.25, 0.3) is 0 Å². The summed E-state index contributed by atoms with van der Waals surface area (Å²) in [5, 5.41) is 3.31. The van der Waals surface area contributed by atoms with Crippen LogP contribution in [-0.4, -0.2) is 37.2 Å². The second-order valence-electron chi connectivity index (χ2n) is 7.31. The number of benzene rings is 1. The number of hydrogen-bond donors (Lipinski definition) is 2. The van der Waals surface area contributed by atoms with Crippen LogP contribution >= 0.6 is 0 Å². The summed E-state index contributed by atoms with van der Waals surface area (Å²) in [6.45, 7) is 1.67. The molecule has 1 aliphatic rings. The van der Waals surface area contributed by atoms with Gasteiger partial charge in [-0.2, -0.15) is 0 Å². The topological polar surface area (TPSA) is 113 Å². The van der Waals surface area contributed by atoms with E-state index < -0.39 is 0 Å². The van der Waals surface area contributed by atoms with Crippen molar-refractivity contribution in [2.45, 2.75) is 18.9 Å². The van der Waals surface area contributed by atoms with Crippen LogP contribution in [0.2, 0.25) is 0 Å². The fraction of sp³-hybridized carbons (Fsp3) is 0.238. The van der Waals surface area contributed by atoms with Crippen LogP contribution in [0.25, 0.3) is 16.9 Å². The van der Waals surface area contributed by atoms with Crippen LogP contribution < -0.4 is 21.5 Å². The SMILES string of the molecule is Nc1ncnc2c1n(-c1ccc(Oc3ccc(F)cc3)nc1)c(=O)n2C1CCNCC1. The lowest BCUT2D eigenvalue weighted by Crippen LogP contribution is -2.34. The molecule has 1 aliphatic heterocycles. The van der Waals surface area contributed by atoms with Crippen molar-refractivity contribution in [2.75, 3.05) is 18.8 Å². The monoisotopic (exact) mass is 421 g/mol. The minimum absolute atomic E-state index is 0.0286. The highest BCUT2D eigenvalue weighted by atomic mass is 19.1. The van der Waals surface area contributed by atoms with Gasteiger partial charge in [-0.3, -0.25) is 9.13 Å². The van der Waals surface area contributed by atoms with Gasteiger partial charge in [-0.05, 0) is 56.3 Å². The van der Waals surface area contributed by atoms with E-state index in [-0.39, 0.29) is 23.4 Å². The maximum Gasteiger partial charge on any atom is 0.335 e. The first-order chi connectivity index (χ1) is 15.1. The van der Waals surface area contributed by atoms with Crippen molar-refractivity contribution in [3.05, 3.63) is 65.2 Å². The Bertz CT molecular complexity index is 1280. The molecule has 158 valence electrons. The minimum Gasteiger partial charge on any atom is -0.439 e. The van der Waals surface area contributed by atoms with Gasteiger partial charge in [0.2, 0.25) is 5.88 Å².